The third kappa shape index (κ3) is 3.49. The summed E-state index contributed by atoms with van der Waals surface area (Å²) in [5.74, 6) is 0.123. The van der Waals surface area contributed by atoms with Gasteiger partial charge >= 0.3 is 0 Å². The maximum absolute atomic E-state index is 12.4. The van der Waals surface area contributed by atoms with E-state index in [9.17, 15) is 4.79 Å². The molecule has 1 amide bonds. The molecule has 3 nitrogen and oxygen atoms in total. The molecule has 1 atom stereocenters. The first-order valence-corrected chi connectivity index (χ1v) is 9.17. The highest BCUT2D eigenvalue weighted by Crippen LogP contribution is 2.34. The molecule has 3 rings (SSSR count). The highest BCUT2D eigenvalue weighted by Gasteiger charge is 2.37. The van der Waals surface area contributed by atoms with Crippen LogP contribution in [0.4, 0.5) is 0 Å². The Morgan fingerprint density at radius 1 is 1.38 bits per heavy atom. The van der Waals surface area contributed by atoms with Crippen molar-refractivity contribution in [2.45, 2.75) is 69.9 Å². The Hall–Kier alpha value is -0.870. The van der Waals surface area contributed by atoms with E-state index in [0.29, 0.717) is 11.6 Å². The van der Waals surface area contributed by atoms with Crippen LogP contribution in [0.3, 0.4) is 0 Å². The predicted molar refractivity (Wildman–Crippen MR) is 88.0 cm³/mol. The van der Waals surface area contributed by atoms with Crippen molar-refractivity contribution in [1.82, 2.24) is 10.6 Å². The van der Waals surface area contributed by atoms with E-state index in [2.05, 4.69) is 23.6 Å². The number of hydrogen-bond acceptors (Lipinski definition) is 3. The van der Waals surface area contributed by atoms with Gasteiger partial charge in [0.05, 0.1) is 4.88 Å². The number of thiophene rings is 1. The third-order valence-electron chi connectivity index (χ3n) is 5.01. The Balaban J connectivity index is 1.60. The zero-order valence-electron chi connectivity index (χ0n) is 12.9. The Morgan fingerprint density at radius 3 is 2.90 bits per heavy atom. The molecule has 1 saturated heterocycles. The Morgan fingerprint density at radius 2 is 2.19 bits per heavy atom. The van der Waals surface area contributed by atoms with Gasteiger partial charge < -0.3 is 10.6 Å². The molecule has 2 heterocycles. The van der Waals surface area contributed by atoms with Crippen molar-refractivity contribution in [3.8, 4) is 0 Å². The molecule has 0 radical (unpaired) electrons. The van der Waals surface area contributed by atoms with E-state index in [1.807, 2.05) is 6.07 Å². The van der Waals surface area contributed by atoms with Crippen LogP contribution in [-0.2, 0) is 6.42 Å². The lowest BCUT2D eigenvalue weighted by Gasteiger charge is -2.44. The molecule has 1 unspecified atom stereocenters. The summed E-state index contributed by atoms with van der Waals surface area (Å²) < 4.78 is 0. The second kappa shape index (κ2) is 6.49. The van der Waals surface area contributed by atoms with Gasteiger partial charge in [-0.15, -0.1) is 11.3 Å². The summed E-state index contributed by atoms with van der Waals surface area (Å²) >= 11 is 1.63. The zero-order chi connectivity index (χ0) is 14.7. The van der Waals surface area contributed by atoms with Gasteiger partial charge in [-0.2, -0.15) is 0 Å². The quantitative estimate of drug-likeness (QED) is 0.897. The summed E-state index contributed by atoms with van der Waals surface area (Å²) in [6, 6.07) is 4.38. The summed E-state index contributed by atoms with van der Waals surface area (Å²) in [7, 11) is 0. The molecule has 1 aromatic heterocycles. The van der Waals surface area contributed by atoms with Crippen LogP contribution in [0.1, 0.15) is 66.4 Å². The molecule has 4 heteroatoms. The van der Waals surface area contributed by atoms with E-state index in [1.165, 1.54) is 37.0 Å². The number of amides is 1. The fraction of sp³-hybridized carbons (Fsp3) is 0.706. The monoisotopic (exact) mass is 306 g/mol. The first-order valence-electron chi connectivity index (χ1n) is 8.35. The molecule has 1 aliphatic heterocycles. The second-order valence-electron chi connectivity index (χ2n) is 6.55. The van der Waals surface area contributed by atoms with E-state index in [-0.39, 0.29) is 5.91 Å². The smallest absolute Gasteiger partial charge is 0.261 e. The number of nitrogens with one attached hydrogen (secondary N) is 2. The molecule has 0 aromatic carbocycles. The maximum Gasteiger partial charge on any atom is 0.261 e. The fourth-order valence-electron chi connectivity index (χ4n) is 3.84. The lowest BCUT2D eigenvalue weighted by atomic mass is 9.75. The van der Waals surface area contributed by atoms with Crippen LogP contribution >= 0.6 is 11.3 Å². The van der Waals surface area contributed by atoms with E-state index in [4.69, 9.17) is 0 Å². The first kappa shape index (κ1) is 15.0. The largest absolute Gasteiger partial charge is 0.348 e. The number of hydrogen-bond donors (Lipinski definition) is 2. The normalized spacial score (nSPS) is 24.9. The molecule has 1 aromatic rings. The van der Waals surface area contributed by atoms with Gasteiger partial charge in [0.15, 0.2) is 0 Å². The average Bonchev–Trinajstić information content (AvgIpc) is 2.97. The van der Waals surface area contributed by atoms with E-state index < -0.39 is 0 Å². The van der Waals surface area contributed by atoms with E-state index in [0.717, 1.165) is 30.7 Å². The Kier molecular flexibility index (Phi) is 4.65. The number of rotatable bonds is 3. The van der Waals surface area contributed by atoms with E-state index in [1.54, 1.807) is 11.3 Å². The Labute approximate surface area is 131 Å². The molecule has 0 bridgehead atoms. The molecule has 2 N–H and O–H groups in total. The SMILES string of the molecule is CCc1ccc(C(=O)NC2CCNC3(CCCCC3)C2)s1. The molecule has 116 valence electrons. The van der Waals surface area contributed by atoms with Crippen LogP contribution in [0, 0.1) is 0 Å². The molecule has 2 aliphatic rings. The van der Waals surface area contributed by atoms with Crippen LogP contribution in [-0.4, -0.2) is 24.0 Å². The highest BCUT2D eigenvalue weighted by molar-refractivity contribution is 7.14. The molecular weight excluding hydrogens is 280 g/mol. The third-order valence-corrected chi connectivity index (χ3v) is 6.24. The van der Waals surface area contributed by atoms with Gasteiger partial charge in [-0.25, -0.2) is 0 Å². The van der Waals surface area contributed by atoms with Gasteiger partial charge in [0.1, 0.15) is 0 Å². The Bertz CT molecular complexity index is 485. The summed E-state index contributed by atoms with van der Waals surface area (Å²) in [5, 5.41) is 7.02. The van der Waals surface area contributed by atoms with Gasteiger partial charge in [0, 0.05) is 16.5 Å². The summed E-state index contributed by atoms with van der Waals surface area (Å²) in [6.45, 7) is 3.17. The fourth-order valence-corrected chi connectivity index (χ4v) is 4.69. The molecule has 1 spiro atoms. The number of aryl methyl sites for hydroxylation is 1. The molecule has 1 saturated carbocycles. The molecule has 2 fully saturated rings. The molecule has 1 aliphatic carbocycles. The number of carbonyl (C=O) groups excluding carboxylic acids is 1. The minimum atomic E-state index is 0.123. The number of piperidine rings is 1. The zero-order valence-corrected chi connectivity index (χ0v) is 13.7. The van der Waals surface area contributed by atoms with Crippen LogP contribution in [0.15, 0.2) is 12.1 Å². The lowest BCUT2D eigenvalue weighted by Crippen LogP contribution is -2.57. The molecule has 21 heavy (non-hydrogen) atoms. The summed E-state index contributed by atoms with van der Waals surface area (Å²) in [6.07, 6.45) is 9.75. The average molecular weight is 306 g/mol. The maximum atomic E-state index is 12.4. The minimum Gasteiger partial charge on any atom is -0.348 e. The van der Waals surface area contributed by atoms with Crippen molar-refractivity contribution >= 4 is 17.2 Å². The minimum absolute atomic E-state index is 0.123. The van der Waals surface area contributed by atoms with Crippen LogP contribution in [0.5, 0.6) is 0 Å². The van der Waals surface area contributed by atoms with E-state index >= 15 is 0 Å². The van der Waals surface area contributed by atoms with Crippen molar-refractivity contribution < 1.29 is 4.79 Å². The summed E-state index contributed by atoms with van der Waals surface area (Å²) in [5.41, 5.74) is 0.304. The van der Waals surface area contributed by atoms with Crippen LogP contribution < -0.4 is 10.6 Å². The first-order chi connectivity index (χ1) is 10.2. The highest BCUT2D eigenvalue weighted by atomic mass is 32.1. The van der Waals surface area contributed by atoms with Gasteiger partial charge in [-0.3, -0.25) is 4.79 Å². The summed E-state index contributed by atoms with van der Waals surface area (Å²) in [4.78, 5) is 14.5. The lowest BCUT2D eigenvalue weighted by molar-refractivity contribution is 0.0897. The standard InChI is InChI=1S/C17H26N2OS/c1-2-14-6-7-15(21-14)16(20)19-13-8-11-18-17(12-13)9-4-3-5-10-17/h6-7,13,18H,2-5,8-12H2,1H3,(H,19,20). The van der Waals surface area contributed by atoms with Gasteiger partial charge in [-0.05, 0) is 50.8 Å². The van der Waals surface area contributed by atoms with Gasteiger partial charge in [-0.1, -0.05) is 26.2 Å². The van der Waals surface area contributed by atoms with Crippen LogP contribution in [0.2, 0.25) is 0 Å². The van der Waals surface area contributed by atoms with Crippen molar-refractivity contribution in [3.63, 3.8) is 0 Å². The predicted octanol–water partition coefficient (Wildman–Crippen LogP) is 3.50. The van der Waals surface area contributed by atoms with Gasteiger partial charge in [0.2, 0.25) is 0 Å². The molecular formula is C17H26N2OS. The topological polar surface area (TPSA) is 41.1 Å². The number of carbonyl (C=O) groups is 1. The van der Waals surface area contributed by atoms with Crippen LogP contribution in [0.25, 0.3) is 0 Å². The van der Waals surface area contributed by atoms with Gasteiger partial charge in [0.25, 0.3) is 5.91 Å². The van der Waals surface area contributed by atoms with Crippen molar-refractivity contribution in [3.05, 3.63) is 21.9 Å². The van der Waals surface area contributed by atoms with Crippen molar-refractivity contribution in [2.75, 3.05) is 6.54 Å². The van der Waals surface area contributed by atoms with Crippen molar-refractivity contribution in [2.24, 2.45) is 0 Å². The van der Waals surface area contributed by atoms with Crippen molar-refractivity contribution in [1.29, 1.82) is 0 Å². The second-order valence-corrected chi connectivity index (χ2v) is 7.72.